The number of nitrogens with one attached hydrogen (secondary N) is 1. The van der Waals surface area contributed by atoms with Crippen LogP contribution < -0.4 is 10.1 Å². The van der Waals surface area contributed by atoms with E-state index >= 15 is 0 Å². The number of benzene rings is 1. The second kappa shape index (κ2) is 9.37. The first-order valence-electron chi connectivity index (χ1n) is 8.15. The Labute approximate surface area is 147 Å². The Bertz CT molecular complexity index is 542. The van der Waals surface area contributed by atoms with E-state index in [4.69, 9.17) is 21.1 Å². The van der Waals surface area contributed by atoms with Gasteiger partial charge in [0.25, 0.3) is 5.91 Å². The number of alkyl halides is 1. The highest BCUT2D eigenvalue weighted by atomic mass is 35.5. The van der Waals surface area contributed by atoms with Crippen LogP contribution in [-0.4, -0.2) is 55.1 Å². The highest BCUT2D eigenvalue weighted by molar-refractivity contribution is 6.18. The molecule has 1 aromatic carbocycles. The molecule has 0 unspecified atom stereocenters. The molecule has 24 heavy (non-hydrogen) atoms. The van der Waals surface area contributed by atoms with Crippen molar-refractivity contribution in [3.8, 4) is 5.75 Å². The van der Waals surface area contributed by atoms with E-state index < -0.39 is 6.09 Å². The standard InChI is InChI=1S/C17H23ClN2O4/c1-2-23-15-5-3-13(4-6-15)16(21)20-10-7-14(8-11-20)19-17(22)24-12-9-18/h3-6,14H,2,7-12H2,1H3,(H,19,22). The molecule has 0 radical (unpaired) electrons. The molecule has 0 atom stereocenters. The van der Waals surface area contributed by atoms with Crippen LogP contribution in [0.1, 0.15) is 30.1 Å². The molecule has 2 rings (SSSR count). The molecule has 6 nitrogen and oxygen atoms in total. The van der Waals surface area contributed by atoms with E-state index in [9.17, 15) is 9.59 Å². The van der Waals surface area contributed by atoms with E-state index in [2.05, 4.69) is 5.32 Å². The summed E-state index contributed by atoms with van der Waals surface area (Å²) in [6, 6.07) is 7.19. The van der Waals surface area contributed by atoms with E-state index in [1.807, 2.05) is 6.92 Å². The van der Waals surface area contributed by atoms with Crippen LogP contribution in [-0.2, 0) is 4.74 Å². The number of piperidine rings is 1. The van der Waals surface area contributed by atoms with E-state index in [-0.39, 0.29) is 24.4 Å². The Morgan fingerprint density at radius 2 is 1.92 bits per heavy atom. The lowest BCUT2D eigenvalue weighted by Gasteiger charge is -2.32. The molecule has 1 N–H and O–H groups in total. The topological polar surface area (TPSA) is 67.9 Å². The van der Waals surface area contributed by atoms with Crippen LogP contribution in [0.25, 0.3) is 0 Å². The molecule has 1 fully saturated rings. The molecular formula is C17H23ClN2O4. The smallest absolute Gasteiger partial charge is 0.407 e. The maximum atomic E-state index is 12.5. The van der Waals surface area contributed by atoms with Gasteiger partial charge in [-0.05, 0) is 44.0 Å². The van der Waals surface area contributed by atoms with E-state index in [0.717, 1.165) is 5.75 Å². The molecule has 0 spiro atoms. The summed E-state index contributed by atoms with van der Waals surface area (Å²) in [4.78, 5) is 25.8. The average Bonchev–Trinajstić information content (AvgIpc) is 2.61. The van der Waals surface area contributed by atoms with E-state index in [1.165, 1.54) is 0 Å². The summed E-state index contributed by atoms with van der Waals surface area (Å²) < 4.78 is 10.3. The molecule has 1 aliphatic rings. The van der Waals surface area contributed by atoms with Gasteiger partial charge in [0, 0.05) is 24.7 Å². The van der Waals surface area contributed by atoms with E-state index in [0.29, 0.717) is 38.1 Å². The minimum absolute atomic E-state index is 0.00113. The van der Waals surface area contributed by atoms with Crippen molar-refractivity contribution in [1.82, 2.24) is 10.2 Å². The number of amides is 2. The molecule has 132 valence electrons. The number of rotatable bonds is 6. The van der Waals surface area contributed by atoms with Crippen molar-refractivity contribution < 1.29 is 19.1 Å². The second-order valence-corrected chi connectivity index (χ2v) is 5.87. The first-order chi connectivity index (χ1) is 11.6. The molecule has 7 heteroatoms. The van der Waals surface area contributed by atoms with Crippen LogP contribution in [0.4, 0.5) is 4.79 Å². The summed E-state index contributed by atoms with van der Waals surface area (Å²) in [6.07, 6.45) is 0.962. The first-order valence-corrected chi connectivity index (χ1v) is 8.69. The molecule has 1 aromatic rings. The lowest BCUT2D eigenvalue weighted by molar-refractivity contribution is 0.0702. The normalized spacial score (nSPS) is 15.0. The zero-order valence-electron chi connectivity index (χ0n) is 13.8. The third-order valence-corrected chi connectivity index (χ3v) is 3.98. The summed E-state index contributed by atoms with van der Waals surface area (Å²) in [5.74, 6) is 1.04. The minimum Gasteiger partial charge on any atom is -0.494 e. The SMILES string of the molecule is CCOc1ccc(C(=O)N2CCC(NC(=O)OCCCl)CC2)cc1. The number of alkyl carbamates (subject to hydrolysis) is 1. The number of carbonyl (C=O) groups is 2. The number of ether oxygens (including phenoxy) is 2. The van der Waals surface area contributed by atoms with Crippen LogP contribution in [0.5, 0.6) is 5.75 Å². The number of likely N-dealkylation sites (tertiary alicyclic amines) is 1. The Morgan fingerprint density at radius 3 is 2.50 bits per heavy atom. The Balaban J connectivity index is 1.80. The van der Waals surface area contributed by atoms with Gasteiger partial charge in [0.05, 0.1) is 12.5 Å². The summed E-state index contributed by atoms with van der Waals surface area (Å²) in [7, 11) is 0. The van der Waals surface area contributed by atoms with Gasteiger partial charge < -0.3 is 19.7 Å². The Morgan fingerprint density at radius 1 is 1.25 bits per heavy atom. The third kappa shape index (κ3) is 5.30. The number of nitrogens with zero attached hydrogens (tertiary/aromatic N) is 1. The monoisotopic (exact) mass is 354 g/mol. The third-order valence-electron chi connectivity index (χ3n) is 3.83. The predicted molar refractivity (Wildman–Crippen MR) is 91.7 cm³/mol. The zero-order chi connectivity index (χ0) is 17.4. The predicted octanol–water partition coefficient (Wildman–Crippen LogP) is 2.65. The van der Waals surface area contributed by atoms with Crippen LogP contribution >= 0.6 is 11.6 Å². The molecular weight excluding hydrogens is 332 g/mol. The highest BCUT2D eigenvalue weighted by Gasteiger charge is 2.24. The molecule has 0 aromatic heterocycles. The van der Waals surface area contributed by atoms with Crippen molar-refractivity contribution in [3.05, 3.63) is 29.8 Å². The van der Waals surface area contributed by atoms with Crippen molar-refractivity contribution in [1.29, 1.82) is 0 Å². The lowest BCUT2D eigenvalue weighted by atomic mass is 10.0. The average molecular weight is 355 g/mol. The minimum atomic E-state index is -0.452. The van der Waals surface area contributed by atoms with Crippen molar-refractivity contribution in [2.24, 2.45) is 0 Å². The van der Waals surface area contributed by atoms with Gasteiger partial charge in [-0.3, -0.25) is 4.79 Å². The lowest BCUT2D eigenvalue weighted by Crippen LogP contribution is -2.46. The number of hydrogen-bond acceptors (Lipinski definition) is 4. The van der Waals surface area contributed by atoms with Gasteiger partial charge in [-0.2, -0.15) is 0 Å². The fraction of sp³-hybridized carbons (Fsp3) is 0.529. The van der Waals surface area contributed by atoms with Crippen LogP contribution in [0, 0.1) is 0 Å². The summed E-state index contributed by atoms with van der Waals surface area (Å²) in [5.41, 5.74) is 0.645. The van der Waals surface area contributed by atoms with Gasteiger partial charge in [0.2, 0.25) is 0 Å². The molecule has 0 bridgehead atoms. The summed E-state index contributed by atoms with van der Waals surface area (Å²) in [5, 5.41) is 2.80. The van der Waals surface area contributed by atoms with E-state index in [1.54, 1.807) is 29.2 Å². The number of halogens is 1. The van der Waals surface area contributed by atoms with Crippen molar-refractivity contribution in [2.75, 3.05) is 32.2 Å². The van der Waals surface area contributed by atoms with Gasteiger partial charge in [-0.1, -0.05) is 0 Å². The van der Waals surface area contributed by atoms with Crippen molar-refractivity contribution in [3.63, 3.8) is 0 Å². The zero-order valence-corrected chi connectivity index (χ0v) is 14.6. The molecule has 0 saturated carbocycles. The van der Waals surface area contributed by atoms with Gasteiger partial charge in [-0.15, -0.1) is 11.6 Å². The maximum absolute atomic E-state index is 12.5. The van der Waals surface area contributed by atoms with Gasteiger partial charge in [-0.25, -0.2) is 4.79 Å². The Hall–Kier alpha value is -1.95. The fourth-order valence-corrected chi connectivity index (χ4v) is 2.69. The van der Waals surface area contributed by atoms with Gasteiger partial charge in [0.1, 0.15) is 12.4 Å². The molecule has 1 saturated heterocycles. The van der Waals surface area contributed by atoms with Crippen molar-refractivity contribution in [2.45, 2.75) is 25.8 Å². The number of carbonyl (C=O) groups excluding carboxylic acids is 2. The highest BCUT2D eigenvalue weighted by Crippen LogP contribution is 2.17. The van der Waals surface area contributed by atoms with Crippen LogP contribution in [0.2, 0.25) is 0 Å². The summed E-state index contributed by atoms with van der Waals surface area (Å²) >= 11 is 5.47. The van der Waals surface area contributed by atoms with Crippen LogP contribution in [0.15, 0.2) is 24.3 Å². The molecule has 1 aliphatic heterocycles. The van der Waals surface area contributed by atoms with Gasteiger partial charge in [0.15, 0.2) is 0 Å². The fourth-order valence-electron chi connectivity index (χ4n) is 2.61. The maximum Gasteiger partial charge on any atom is 0.407 e. The van der Waals surface area contributed by atoms with Gasteiger partial charge >= 0.3 is 6.09 Å². The molecule has 0 aliphatic carbocycles. The second-order valence-electron chi connectivity index (χ2n) is 5.49. The summed E-state index contributed by atoms with van der Waals surface area (Å²) in [6.45, 7) is 3.92. The quantitative estimate of drug-likeness (QED) is 0.797. The first kappa shape index (κ1) is 18.4. The van der Waals surface area contributed by atoms with Crippen molar-refractivity contribution >= 4 is 23.6 Å². The van der Waals surface area contributed by atoms with Crippen LogP contribution in [0.3, 0.4) is 0 Å². The Kier molecular flexibility index (Phi) is 7.18. The molecule has 1 heterocycles. The molecule has 2 amide bonds. The number of hydrogen-bond donors (Lipinski definition) is 1. The largest absolute Gasteiger partial charge is 0.494 e.